The van der Waals surface area contributed by atoms with Gasteiger partial charge in [0.25, 0.3) is 0 Å². The third-order valence-electron chi connectivity index (χ3n) is 4.13. The molecule has 0 saturated carbocycles. The van der Waals surface area contributed by atoms with Gasteiger partial charge in [-0.15, -0.1) is 0 Å². The van der Waals surface area contributed by atoms with Crippen LogP contribution in [0, 0.1) is 11.8 Å². The first kappa shape index (κ1) is 10.1. The summed E-state index contributed by atoms with van der Waals surface area (Å²) < 4.78 is 0. The van der Waals surface area contributed by atoms with Gasteiger partial charge >= 0.3 is 0 Å². The highest BCUT2D eigenvalue weighted by Gasteiger charge is 2.42. The Hall–Kier alpha value is -1.12. The first-order chi connectivity index (χ1) is 7.86. The number of aliphatic hydroxyl groups is 2. The predicted octanol–water partition coefficient (Wildman–Crippen LogP) is 1.65. The molecule has 0 amide bonds. The van der Waals surface area contributed by atoms with Crippen LogP contribution in [-0.2, 0) is 0 Å². The van der Waals surface area contributed by atoms with Crippen molar-refractivity contribution in [3.05, 3.63) is 47.5 Å². The van der Waals surface area contributed by atoms with Gasteiger partial charge in [-0.2, -0.15) is 0 Å². The molecular formula is C14H16O2. The number of benzene rings is 1. The van der Waals surface area contributed by atoms with E-state index >= 15 is 0 Å². The van der Waals surface area contributed by atoms with Gasteiger partial charge in [0.05, 0.1) is 0 Å². The quantitative estimate of drug-likeness (QED) is 0.738. The van der Waals surface area contributed by atoms with Crippen molar-refractivity contribution in [2.45, 2.75) is 11.8 Å². The second-order valence-electron chi connectivity index (χ2n) is 4.76. The minimum absolute atomic E-state index is 0.158. The molecule has 2 bridgehead atoms. The maximum atomic E-state index is 9.50. The SMILES string of the molecule is OCC1C2C=CC(c3ccccc32)C1CO. The molecule has 4 unspecified atom stereocenters. The van der Waals surface area contributed by atoms with Gasteiger partial charge in [0, 0.05) is 25.0 Å². The number of hydrogen-bond donors (Lipinski definition) is 2. The zero-order chi connectivity index (χ0) is 11.1. The highest BCUT2D eigenvalue weighted by atomic mass is 16.3. The van der Waals surface area contributed by atoms with E-state index in [2.05, 4.69) is 36.4 Å². The van der Waals surface area contributed by atoms with Crippen LogP contribution in [0.3, 0.4) is 0 Å². The average Bonchev–Trinajstić information content (AvgIpc) is 2.38. The molecule has 2 nitrogen and oxygen atoms in total. The molecule has 0 radical (unpaired) electrons. The maximum absolute atomic E-state index is 9.50. The summed E-state index contributed by atoms with van der Waals surface area (Å²) in [7, 11) is 0. The summed E-state index contributed by atoms with van der Waals surface area (Å²) in [6, 6.07) is 8.39. The van der Waals surface area contributed by atoms with Crippen molar-refractivity contribution >= 4 is 0 Å². The minimum atomic E-state index is 0.158. The highest BCUT2D eigenvalue weighted by Crippen LogP contribution is 2.51. The Bertz CT molecular complexity index is 385. The monoisotopic (exact) mass is 216 g/mol. The highest BCUT2D eigenvalue weighted by molar-refractivity contribution is 5.46. The number of rotatable bonds is 2. The van der Waals surface area contributed by atoms with Gasteiger partial charge in [-0.05, 0) is 23.0 Å². The van der Waals surface area contributed by atoms with E-state index in [0.717, 1.165) is 0 Å². The lowest BCUT2D eigenvalue weighted by Crippen LogP contribution is -2.39. The van der Waals surface area contributed by atoms with Crippen molar-refractivity contribution in [3.63, 3.8) is 0 Å². The topological polar surface area (TPSA) is 40.5 Å². The molecule has 4 rings (SSSR count). The lowest BCUT2D eigenvalue weighted by atomic mass is 9.60. The van der Waals surface area contributed by atoms with Crippen LogP contribution < -0.4 is 0 Å². The Morgan fingerprint density at radius 1 is 0.812 bits per heavy atom. The van der Waals surface area contributed by atoms with Gasteiger partial charge in [-0.25, -0.2) is 0 Å². The molecule has 0 fully saturated rings. The summed E-state index contributed by atoms with van der Waals surface area (Å²) in [5.41, 5.74) is 2.66. The maximum Gasteiger partial charge on any atom is 0.0471 e. The fourth-order valence-corrected chi connectivity index (χ4v) is 3.34. The standard InChI is InChI=1S/C14H16O2/c15-7-13-11-5-6-12(14(13)8-16)10-4-2-1-3-9(10)11/h1-6,11-16H,7-8H2. The Kier molecular flexibility index (Phi) is 2.34. The lowest BCUT2D eigenvalue weighted by molar-refractivity contribution is 0.0867. The molecule has 16 heavy (non-hydrogen) atoms. The smallest absolute Gasteiger partial charge is 0.0471 e. The molecule has 3 aliphatic rings. The zero-order valence-corrected chi connectivity index (χ0v) is 9.08. The van der Waals surface area contributed by atoms with Crippen LogP contribution in [0.15, 0.2) is 36.4 Å². The molecule has 0 heterocycles. The van der Waals surface area contributed by atoms with Crippen LogP contribution in [0.1, 0.15) is 23.0 Å². The van der Waals surface area contributed by atoms with Gasteiger partial charge < -0.3 is 10.2 Å². The summed E-state index contributed by atoms with van der Waals surface area (Å²) in [5.74, 6) is 0.913. The molecule has 0 spiro atoms. The molecular weight excluding hydrogens is 200 g/mol. The second kappa shape index (κ2) is 3.72. The molecule has 1 aromatic carbocycles. The first-order valence-corrected chi connectivity index (χ1v) is 5.85. The minimum Gasteiger partial charge on any atom is -0.396 e. The van der Waals surface area contributed by atoms with E-state index < -0.39 is 0 Å². The van der Waals surface area contributed by atoms with Crippen LogP contribution in [0.4, 0.5) is 0 Å². The molecule has 3 aliphatic carbocycles. The normalized spacial score (nSPS) is 35.1. The number of hydrogen-bond acceptors (Lipinski definition) is 2. The average molecular weight is 216 g/mol. The van der Waals surface area contributed by atoms with Crippen molar-refractivity contribution in [2.75, 3.05) is 13.2 Å². The largest absolute Gasteiger partial charge is 0.396 e. The summed E-state index contributed by atoms with van der Waals surface area (Å²) in [5, 5.41) is 19.0. The van der Waals surface area contributed by atoms with Crippen molar-refractivity contribution in [2.24, 2.45) is 11.8 Å². The summed E-state index contributed by atoms with van der Waals surface area (Å²) in [6.45, 7) is 0.316. The number of fused-ring (bicyclic) bond motifs is 1. The van der Waals surface area contributed by atoms with Crippen LogP contribution >= 0.6 is 0 Å². The van der Waals surface area contributed by atoms with E-state index in [1.165, 1.54) is 11.1 Å². The molecule has 1 aromatic rings. The van der Waals surface area contributed by atoms with Gasteiger partial charge in [0.2, 0.25) is 0 Å². The molecule has 84 valence electrons. The van der Waals surface area contributed by atoms with Crippen LogP contribution in [0.2, 0.25) is 0 Å². The molecule has 0 saturated heterocycles. The van der Waals surface area contributed by atoms with E-state index in [9.17, 15) is 10.2 Å². The Balaban J connectivity index is 2.13. The van der Waals surface area contributed by atoms with Crippen molar-refractivity contribution in [1.82, 2.24) is 0 Å². The third kappa shape index (κ3) is 1.20. The zero-order valence-electron chi connectivity index (χ0n) is 9.08. The Labute approximate surface area is 95.2 Å². The molecule has 0 aliphatic heterocycles. The molecule has 2 heteroatoms. The van der Waals surface area contributed by atoms with Crippen LogP contribution in [0.25, 0.3) is 0 Å². The van der Waals surface area contributed by atoms with Gasteiger partial charge in [0.1, 0.15) is 0 Å². The number of allylic oxidation sites excluding steroid dienone is 2. The predicted molar refractivity (Wildman–Crippen MR) is 62.2 cm³/mol. The fourth-order valence-electron chi connectivity index (χ4n) is 3.34. The van der Waals surface area contributed by atoms with Crippen LogP contribution in [0.5, 0.6) is 0 Å². The molecule has 0 aromatic heterocycles. The van der Waals surface area contributed by atoms with Crippen LogP contribution in [-0.4, -0.2) is 23.4 Å². The number of aliphatic hydroxyl groups excluding tert-OH is 2. The first-order valence-electron chi connectivity index (χ1n) is 5.85. The molecule has 2 N–H and O–H groups in total. The van der Waals surface area contributed by atoms with E-state index in [-0.39, 0.29) is 36.9 Å². The summed E-state index contributed by atoms with van der Waals surface area (Å²) in [6.07, 6.45) is 4.39. The van der Waals surface area contributed by atoms with E-state index in [1.807, 2.05) is 0 Å². The van der Waals surface area contributed by atoms with Gasteiger partial charge in [-0.1, -0.05) is 36.4 Å². The molecule has 4 atom stereocenters. The van der Waals surface area contributed by atoms with Crippen molar-refractivity contribution in [1.29, 1.82) is 0 Å². The summed E-state index contributed by atoms with van der Waals surface area (Å²) in [4.78, 5) is 0. The van der Waals surface area contributed by atoms with Gasteiger partial charge in [0.15, 0.2) is 0 Å². The Morgan fingerprint density at radius 3 is 1.62 bits per heavy atom. The third-order valence-corrected chi connectivity index (χ3v) is 4.13. The second-order valence-corrected chi connectivity index (χ2v) is 4.76. The van der Waals surface area contributed by atoms with E-state index in [1.54, 1.807) is 0 Å². The van der Waals surface area contributed by atoms with E-state index in [0.29, 0.717) is 0 Å². The lowest BCUT2D eigenvalue weighted by Gasteiger charge is -2.45. The van der Waals surface area contributed by atoms with Crippen molar-refractivity contribution < 1.29 is 10.2 Å². The summed E-state index contributed by atoms with van der Waals surface area (Å²) >= 11 is 0. The van der Waals surface area contributed by atoms with E-state index in [4.69, 9.17) is 0 Å². The fraction of sp³-hybridized carbons (Fsp3) is 0.429. The van der Waals surface area contributed by atoms with Gasteiger partial charge in [-0.3, -0.25) is 0 Å². The van der Waals surface area contributed by atoms with Crippen molar-refractivity contribution in [3.8, 4) is 0 Å². The Morgan fingerprint density at radius 2 is 1.25 bits per heavy atom.